The molecular weight excluding hydrogens is 236 g/mol. The van der Waals surface area contributed by atoms with Gasteiger partial charge in [0, 0.05) is 30.6 Å². The van der Waals surface area contributed by atoms with Gasteiger partial charge in [-0.15, -0.1) is 0 Å². The largest absolute Gasteiger partial charge is 0.388 e. The first-order valence-electron chi connectivity index (χ1n) is 6.53. The fraction of sp³-hybridized carbons (Fsp3) is 0.333. The third-order valence-electron chi connectivity index (χ3n) is 3.17. The van der Waals surface area contributed by atoms with Crippen molar-refractivity contribution in [3.8, 4) is 0 Å². The highest BCUT2D eigenvalue weighted by Gasteiger charge is 2.14. The van der Waals surface area contributed by atoms with E-state index in [-0.39, 0.29) is 5.84 Å². The normalized spacial score (nSPS) is 10.9. The van der Waals surface area contributed by atoms with E-state index in [0.29, 0.717) is 19.0 Å². The lowest BCUT2D eigenvalue weighted by Gasteiger charge is -2.28. The summed E-state index contributed by atoms with van der Waals surface area (Å²) in [6, 6.07) is 10.6. The Kier molecular flexibility index (Phi) is 4.00. The second-order valence-corrected chi connectivity index (χ2v) is 4.92. The molecule has 0 aliphatic carbocycles. The standard InChI is InChI=1S/C15H20N4/c1-11(2)19(10-8-14(16)17)15-13-6-4-3-5-12(13)7-9-18-15/h3-7,9,11H,8,10H2,1-2H3,(H3,16,17). The summed E-state index contributed by atoms with van der Waals surface area (Å²) in [5, 5.41) is 9.71. The molecule has 1 aromatic heterocycles. The zero-order valence-corrected chi connectivity index (χ0v) is 11.4. The molecule has 2 aromatic rings. The minimum atomic E-state index is 0.214. The Labute approximate surface area is 113 Å². The molecule has 19 heavy (non-hydrogen) atoms. The number of aromatic nitrogens is 1. The summed E-state index contributed by atoms with van der Waals surface area (Å²) in [6.07, 6.45) is 2.39. The summed E-state index contributed by atoms with van der Waals surface area (Å²) in [5.41, 5.74) is 5.47. The van der Waals surface area contributed by atoms with Crippen LogP contribution in [0.5, 0.6) is 0 Å². The Morgan fingerprint density at radius 1 is 1.32 bits per heavy atom. The predicted octanol–water partition coefficient (Wildman–Crippen LogP) is 2.78. The van der Waals surface area contributed by atoms with Crippen LogP contribution in [0.15, 0.2) is 36.5 Å². The van der Waals surface area contributed by atoms with Crippen molar-refractivity contribution in [2.75, 3.05) is 11.4 Å². The molecule has 0 aliphatic heterocycles. The van der Waals surface area contributed by atoms with Crippen LogP contribution in [-0.2, 0) is 0 Å². The molecule has 100 valence electrons. The quantitative estimate of drug-likeness (QED) is 0.638. The van der Waals surface area contributed by atoms with E-state index in [0.717, 1.165) is 11.2 Å². The average molecular weight is 256 g/mol. The summed E-state index contributed by atoms with van der Waals surface area (Å²) < 4.78 is 0. The van der Waals surface area contributed by atoms with Gasteiger partial charge in [0.15, 0.2) is 0 Å². The summed E-state index contributed by atoms with van der Waals surface area (Å²) in [5.74, 6) is 1.18. The van der Waals surface area contributed by atoms with Gasteiger partial charge in [-0.1, -0.05) is 24.3 Å². The van der Waals surface area contributed by atoms with Crippen molar-refractivity contribution in [3.05, 3.63) is 36.5 Å². The molecule has 0 saturated heterocycles. The van der Waals surface area contributed by atoms with Crippen molar-refractivity contribution in [1.82, 2.24) is 4.98 Å². The van der Waals surface area contributed by atoms with E-state index < -0.39 is 0 Å². The SMILES string of the molecule is CC(C)N(CCC(=N)N)c1nccc2ccccc12. The first-order valence-corrected chi connectivity index (χ1v) is 6.53. The molecule has 0 fully saturated rings. The minimum Gasteiger partial charge on any atom is -0.388 e. The molecular formula is C15H20N4. The smallest absolute Gasteiger partial charge is 0.136 e. The molecule has 1 aromatic carbocycles. The van der Waals surface area contributed by atoms with Crippen LogP contribution < -0.4 is 10.6 Å². The second-order valence-electron chi connectivity index (χ2n) is 4.92. The number of fused-ring (bicyclic) bond motifs is 1. The van der Waals surface area contributed by atoms with E-state index in [4.69, 9.17) is 11.1 Å². The lowest BCUT2D eigenvalue weighted by atomic mass is 10.1. The van der Waals surface area contributed by atoms with Crippen LogP contribution in [0.1, 0.15) is 20.3 Å². The fourth-order valence-electron chi connectivity index (χ4n) is 2.18. The van der Waals surface area contributed by atoms with Crippen LogP contribution in [0, 0.1) is 5.41 Å². The van der Waals surface area contributed by atoms with Gasteiger partial charge in [0.05, 0.1) is 5.84 Å². The van der Waals surface area contributed by atoms with E-state index in [1.807, 2.05) is 24.4 Å². The summed E-state index contributed by atoms with van der Waals surface area (Å²) in [4.78, 5) is 6.72. The topological polar surface area (TPSA) is 66.0 Å². The number of pyridine rings is 1. The van der Waals surface area contributed by atoms with Gasteiger partial charge in [-0.05, 0) is 25.3 Å². The predicted molar refractivity (Wildman–Crippen MR) is 80.8 cm³/mol. The van der Waals surface area contributed by atoms with E-state index >= 15 is 0 Å². The van der Waals surface area contributed by atoms with Gasteiger partial charge in [-0.3, -0.25) is 5.41 Å². The van der Waals surface area contributed by atoms with Gasteiger partial charge in [0.25, 0.3) is 0 Å². The number of rotatable bonds is 5. The van der Waals surface area contributed by atoms with Crippen LogP contribution in [0.25, 0.3) is 10.8 Å². The molecule has 0 unspecified atom stereocenters. The van der Waals surface area contributed by atoms with Gasteiger partial charge in [-0.2, -0.15) is 0 Å². The number of nitrogens with zero attached hydrogens (tertiary/aromatic N) is 2. The highest BCUT2D eigenvalue weighted by Crippen LogP contribution is 2.25. The third-order valence-corrected chi connectivity index (χ3v) is 3.17. The maximum Gasteiger partial charge on any atom is 0.136 e. The van der Waals surface area contributed by atoms with Gasteiger partial charge >= 0.3 is 0 Å². The fourth-order valence-corrected chi connectivity index (χ4v) is 2.18. The van der Waals surface area contributed by atoms with Crippen molar-refractivity contribution in [1.29, 1.82) is 5.41 Å². The number of nitrogens with one attached hydrogen (secondary N) is 1. The second kappa shape index (κ2) is 5.69. The van der Waals surface area contributed by atoms with Gasteiger partial charge in [-0.25, -0.2) is 4.98 Å². The molecule has 0 atom stereocenters. The number of amidine groups is 1. The van der Waals surface area contributed by atoms with Crippen LogP contribution in [-0.4, -0.2) is 23.4 Å². The Morgan fingerprint density at radius 3 is 2.74 bits per heavy atom. The van der Waals surface area contributed by atoms with Gasteiger partial charge in [0.2, 0.25) is 0 Å². The zero-order valence-electron chi connectivity index (χ0n) is 11.4. The monoisotopic (exact) mass is 256 g/mol. The third kappa shape index (κ3) is 3.02. The number of benzene rings is 1. The van der Waals surface area contributed by atoms with Crippen molar-refractivity contribution >= 4 is 22.4 Å². The van der Waals surface area contributed by atoms with Crippen LogP contribution >= 0.6 is 0 Å². The lowest BCUT2D eigenvalue weighted by molar-refractivity contribution is 0.682. The summed E-state index contributed by atoms with van der Waals surface area (Å²) in [7, 11) is 0. The first kappa shape index (κ1) is 13.3. The molecule has 1 heterocycles. The zero-order chi connectivity index (χ0) is 13.8. The van der Waals surface area contributed by atoms with E-state index in [1.54, 1.807) is 0 Å². The van der Waals surface area contributed by atoms with E-state index in [2.05, 4.69) is 35.9 Å². The highest BCUT2D eigenvalue weighted by molar-refractivity contribution is 5.92. The molecule has 0 aliphatic rings. The number of hydrogen-bond acceptors (Lipinski definition) is 3. The van der Waals surface area contributed by atoms with Crippen molar-refractivity contribution in [2.24, 2.45) is 5.73 Å². The Hall–Kier alpha value is -2.10. The van der Waals surface area contributed by atoms with Gasteiger partial charge in [0.1, 0.15) is 5.82 Å². The number of hydrogen-bond donors (Lipinski definition) is 2. The molecule has 0 radical (unpaired) electrons. The van der Waals surface area contributed by atoms with Crippen molar-refractivity contribution in [3.63, 3.8) is 0 Å². The van der Waals surface area contributed by atoms with Gasteiger partial charge < -0.3 is 10.6 Å². The van der Waals surface area contributed by atoms with E-state index in [9.17, 15) is 0 Å². The Morgan fingerprint density at radius 2 is 2.05 bits per heavy atom. The Balaban J connectivity index is 2.41. The van der Waals surface area contributed by atoms with Crippen LogP contribution in [0.2, 0.25) is 0 Å². The van der Waals surface area contributed by atoms with Crippen molar-refractivity contribution < 1.29 is 0 Å². The maximum atomic E-state index is 7.38. The highest BCUT2D eigenvalue weighted by atomic mass is 15.2. The molecule has 4 heteroatoms. The first-order chi connectivity index (χ1) is 9.09. The van der Waals surface area contributed by atoms with Crippen LogP contribution in [0.3, 0.4) is 0 Å². The summed E-state index contributed by atoms with van der Waals surface area (Å²) in [6.45, 7) is 4.97. The maximum absolute atomic E-state index is 7.38. The molecule has 0 bridgehead atoms. The minimum absolute atomic E-state index is 0.214. The number of nitrogens with two attached hydrogens (primary N) is 1. The average Bonchev–Trinajstić information content (AvgIpc) is 2.38. The molecule has 2 rings (SSSR count). The molecule has 0 saturated carbocycles. The summed E-state index contributed by atoms with van der Waals surface area (Å²) >= 11 is 0. The molecule has 0 spiro atoms. The molecule has 4 nitrogen and oxygen atoms in total. The van der Waals surface area contributed by atoms with Crippen LogP contribution in [0.4, 0.5) is 5.82 Å². The lowest BCUT2D eigenvalue weighted by Crippen LogP contribution is -2.34. The Bertz CT molecular complexity index is 572. The van der Waals surface area contributed by atoms with E-state index in [1.165, 1.54) is 5.39 Å². The number of anilines is 1. The molecule has 0 amide bonds. The van der Waals surface area contributed by atoms with Crippen molar-refractivity contribution in [2.45, 2.75) is 26.3 Å². The molecule has 3 N–H and O–H groups in total.